The van der Waals surface area contributed by atoms with Gasteiger partial charge in [0.1, 0.15) is 0 Å². The van der Waals surface area contributed by atoms with E-state index in [0.29, 0.717) is 0 Å². The molecular weight excluding hydrogens is 219 g/mol. The van der Waals surface area contributed by atoms with Gasteiger partial charge in [-0.1, -0.05) is 0 Å². The van der Waals surface area contributed by atoms with Crippen LogP contribution in [0.1, 0.15) is 34.0 Å². The Bertz CT molecular complexity index is 483. The van der Waals surface area contributed by atoms with Gasteiger partial charge in [0.15, 0.2) is 5.78 Å². The lowest BCUT2D eigenvalue weighted by molar-refractivity contribution is -0.138. The summed E-state index contributed by atoms with van der Waals surface area (Å²) in [6, 6.07) is 3.58. The Balaban J connectivity index is 3.55. The molecule has 1 rings (SSSR count). The summed E-state index contributed by atoms with van der Waals surface area (Å²) in [6.07, 6.45) is -4.58. The lowest BCUT2D eigenvalue weighted by Gasteiger charge is -2.12. The van der Waals surface area contributed by atoms with Crippen molar-refractivity contribution in [2.45, 2.75) is 20.0 Å². The van der Waals surface area contributed by atoms with Crippen molar-refractivity contribution in [2.24, 2.45) is 0 Å². The molecule has 0 spiro atoms. The van der Waals surface area contributed by atoms with Crippen LogP contribution in [0.5, 0.6) is 0 Å². The first-order valence-corrected chi connectivity index (χ1v) is 4.40. The number of aryl methyl sites for hydroxylation is 1. The molecule has 0 aromatic heterocycles. The highest BCUT2D eigenvalue weighted by Crippen LogP contribution is 2.34. The molecule has 0 atom stereocenters. The van der Waals surface area contributed by atoms with E-state index in [1.165, 1.54) is 19.9 Å². The quantitative estimate of drug-likeness (QED) is 0.691. The topological polar surface area (TPSA) is 40.9 Å². The van der Waals surface area contributed by atoms with Gasteiger partial charge in [-0.3, -0.25) is 4.79 Å². The second-order valence-electron chi connectivity index (χ2n) is 3.38. The Morgan fingerprint density at radius 2 is 1.94 bits per heavy atom. The van der Waals surface area contributed by atoms with Crippen molar-refractivity contribution in [1.82, 2.24) is 0 Å². The minimum atomic E-state index is -4.58. The highest BCUT2D eigenvalue weighted by atomic mass is 19.4. The molecule has 84 valence electrons. The van der Waals surface area contributed by atoms with E-state index in [2.05, 4.69) is 0 Å². The van der Waals surface area contributed by atoms with Crippen LogP contribution in [0.3, 0.4) is 0 Å². The molecule has 0 unspecified atom stereocenters. The smallest absolute Gasteiger partial charge is 0.295 e. The third-order valence-corrected chi connectivity index (χ3v) is 2.15. The van der Waals surface area contributed by atoms with Crippen molar-refractivity contribution < 1.29 is 18.0 Å². The first-order valence-electron chi connectivity index (χ1n) is 4.40. The van der Waals surface area contributed by atoms with Gasteiger partial charge >= 0.3 is 6.18 Å². The molecule has 0 amide bonds. The number of nitrogens with zero attached hydrogens (tertiary/aromatic N) is 1. The summed E-state index contributed by atoms with van der Waals surface area (Å²) in [6.45, 7) is 2.47. The van der Waals surface area contributed by atoms with E-state index in [1.54, 1.807) is 0 Å². The number of carbonyl (C=O) groups is 1. The predicted molar refractivity (Wildman–Crippen MR) is 50.9 cm³/mol. The number of rotatable bonds is 1. The van der Waals surface area contributed by atoms with Gasteiger partial charge in [-0.05, 0) is 31.5 Å². The highest BCUT2D eigenvalue weighted by Gasteiger charge is 2.35. The van der Waals surface area contributed by atoms with Crippen LogP contribution in [0, 0.1) is 18.3 Å². The molecule has 0 radical (unpaired) electrons. The molecule has 0 saturated carbocycles. The number of alkyl halides is 3. The monoisotopic (exact) mass is 227 g/mol. The Morgan fingerprint density at radius 1 is 1.38 bits per heavy atom. The second kappa shape index (κ2) is 3.97. The number of Topliss-reactive ketones (excluding diaryl/α,β-unsaturated/α-hetero) is 1. The Hall–Kier alpha value is -1.83. The summed E-state index contributed by atoms with van der Waals surface area (Å²) in [5.41, 5.74) is -1.49. The maximum atomic E-state index is 12.6. The largest absolute Gasteiger partial charge is 0.417 e. The molecule has 0 fully saturated rings. The normalized spacial score (nSPS) is 11.0. The van der Waals surface area contributed by atoms with Crippen LogP contribution in [-0.4, -0.2) is 5.78 Å². The fourth-order valence-electron chi connectivity index (χ4n) is 1.45. The minimum Gasteiger partial charge on any atom is -0.295 e. The molecule has 0 aliphatic heterocycles. The lowest BCUT2D eigenvalue weighted by atomic mass is 9.97. The average Bonchev–Trinajstić information content (AvgIpc) is 2.14. The van der Waals surface area contributed by atoms with E-state index in [9.17, 15) is 18.0 Å². The number of ketones is 1. The first-order chi connectivity index (χ1) is 7.27. The van der Waals surface area contributed by atoms with E-state index in [0.717, 1.165) is 12.1 Å². The van der Waals surface area contributed by atoms with Gasteiger partial charge in [-0.25, -0.2) is 0 Å². The summed E-state index contributed by atoms with van der Waals surface area (Å²) in [7, 11) is 0. The van der Waals surface area contributed by atoms with Crippen LogP contribution in [0.15, 0.2) is 12.1 Å². The summed E-state index contributed by atoms with van der Waals surface area (Å²) < 4.78 is 37.8. The van der Waals surface area contributed by atoms with Crippen molar-refractivity contribution in [3.8, 4) is 6.07 Å². The van der Waals surface area contributed by atoms with Crippen molar-refractivity contribution in [3.63, 3.8) is 0 Å². The van der Waals surface area contributed by atoms with E-state index < -0.39 is 17.3 Å². The SMILES string of the molecule is CC(=O)c1cc(C)c(C(F)(F)F)c(C#N)c1. The molecule has 1 aromatic carbocycles. The number of carbonyl (C=O) groups excluding carboxylic acids is 1. The number of hydrogen-bond acceptors (Lipinski definition) is 2. The third kappa shape index (κ3) is 2.22. The van der Waals surface area contributed by atoms with Gasteiger partial charge in [-0.2, -0.15) is 18.4 Å². The summed E-state index contributed by atoms with van der Waals surface area (Å²) >= 11 is 0. The van der Waals surface area contributed by atoms with Crippen molar-refractivity contribution in [2.75, 3.05) is 0 Å². The van der Waals surface area contributed by atoms with Crippen molar-refractivity contribution in [1.29, 1.82) is 5.26 Å². The summed E-state index contributed by atoms with van der Waals surface area (Å²) in [4.78, 5) is 11.0. The maximum Gasteiger partial charge on any atom is 0.417 e. The second-order valence-corrected chi connectivity index (χ2v) is 3.38. The van der Waals surface area contributed by atoms with Crippen LogP contribution < -0.4 is 0 Å². The van der Waals surface area contributed by atoms with Crippen LogP contribution in [0.4, 0.5) is 13.2 Å². The van der Waals surface area contributed by atoms with E-state index in [4.69, 9.17) is 5.26 Å². The molecule has 0 saturated heterocycles. The zero-order valence-corrected chi connectivity index (χ0v) is 8.64. The molecule has 16 heavy (non-hydrogen) atoms. The summed E-state index contributed by atoms with van der Waals surface area (Å²) in [5.74, 6) is -0.367. The Labute approximate surface area is 90.3 Å². The zero-order chi connectivity index (χ0) is 12.5. The predicted octanol–water partition coefficient (Wildman–Crippen LogP) is 3.09. The van der Waals surface area contributed by atoms with Gasteiger partial charge < -0.3 is 0 Å². The fourth-order valence-corrected chi connectivity index (χ4v) is 1.45. The molecule has 0 aliphatic rings. The van der Waals surface area contributed by atoms with Gasteiger partial charge in [0.05, 0.1) is 17.2 Å². The van der Waals surface area contributed by atoms with E-state index in [-0.39, 0.29) is 16.9 Å². The van der Waals surface area contributed by atoms with Gasteiger partial charge in [-0.15, -0.1) is 0 Å². The fraction of sp³-hybridized carbons (Fsp3) is 0.273. The summed E-state index contributed by atoms with van der Waals surface area (Å²) in [5, 5.41) is 8.65. The van der Waals surface area contributed by atoms with Crippen LogP contribution in [-0.2, 0) is 6.18 Å². The standard InChI is InChI=1S/C11H8F3NO/c1-6-3-8(7(2)16)4-9(5-15)10(6)11(12,13)14/h3-4H,1-2H3. The van der Waals surface area contributed by atoms with E-state index >= 15 is 0 Å². The van der Waals surface area contributed by atoms with Gasteiger partial charge in [0, 0.05) is 5.56 Å². The number of nitriles is 1. The number of halogens is 3. The molecule has 0 N–H and O–H groups in total. The Kier molecular flexibility index (Phi) is 3.04. The minimum absolute atomic E-state index is 0.113. The molecule has 2 nitrogen and oxygen atoms in total. The molecule has 5 heteroatoms. The average molecular weight is 227 g/mol. The molecule has 1 aromatic rings. The number of hydrogen-bond donors (Lipinski definition) is 0. The highest BCUT2D eigenvalue weighted by molar-refractivity contribution is 5.94. The Morgan fingerprint density at radius 3 is 2.31 bits per heavy atom. The van der Waals surface area contributed by atoms with E-state index in [1.807, 2.05) is 0 Å². The molecular formula is C11H8F3NO. The first kappa shape index (κ1) is 12.2. The third-order valence-electron chi connectivity index (χ3n) is 2.15. The molecule has 0 aliphatic carbocycles. The van der Waals surface area contributed by atoms with Crippen LogP contribution in [0.2, 0.25) is 0 Å². The van der Waals surface area contributed by atoms with Gasteiger partial charge in [0.2, 0.25) is 0 Å². The lowest BCUT2D eigenvalue weighted by Crippen LogP contribution is -2.11. The van der Waals surface area contributed by atoms with Crippen LogP contribution in [0.25, 0.3) is 0 Å². The number of benzene rings is 1. The maximum absolute atomic E-state index is 12.6. The van der Waals surface area contributed by atoms with Crippen LogP contribution >= 0.6 is 0 Å². The molecule has 0 heterocycles. The van der Waals surface area contributed by atoms with Crippen molar-refractivity contribution in [3.05, 3.63) is 34.4 Å². The zero-order valence-electron chi connectivity index (χ0n) is 8.64. The van der Waals surface area contributed by atoms with Gasteiger partial charge in [0.25, 0.3) is 0 Å². The van der Waals surface area contributed by atoms with Crippen molar-refractivity contribution >= 4 is 5.78 Å². The molecule has 0 bridgehead atoms.